The highest BCUT2D eigenvalue weighted by atomic mass is 35.5. The van der Waals surface area contributed by atoms with E-state index in [1.807, 2.05) is 18.2 Å². The fourth-order valence-electron chi connectivity index (χ4n) is 2.04. The molecular weight excluding hydrogens is 291 g/mol. The van der Waals surface area contributed by atoms with Crippen molar-refractivity contribution < 1.29 is 18.3 Å². The molecule has 6 heteroatoms. The van der Waals surface area contributed by atoms with Crippen LogP contribution in [-0.4, -0.2) is 17.3 Å². The van der Waals surface area contributed by atoms with Crippen LogP contribution in [0.1, 0.15) is 18.1 Å². The van der Waals surface area contributed by atoms with Crippen LogP contribution in [0.5, 0.6) is 0 Å². The third-order valence-corrected chi connectivity index (χ3v) is 3.08. The Morgan fingerprint density at radius 2 is 1.65 bits per heavy atom. The Hall–Kier alpha value is -1.30. The van der Waals surface area contributed by atoms with Gasteiger partial charge in [-0.25, -0.2) is 0 Å². The summed E-state index contributed by atoms with van der Waals surface area (Å²) in [6.45, 7) is 0. The van der Waals surface area contributed by atoms with E-state index in [4.69, 9.17) is 5.73 Å². The standard InChI is InChI=1S/C14H14F3NO.ClH/c15-14(16,17)13(18)8-12(19)11-7-3-5-9-4-1-2-6-10(9)11;/h1-7,12-13,19H,8,18H2;1H/t12-,13+;/m0./s1. The largest absolute Gasteiger partial charge is 0.403 e. The van der Waals surface area contributed by atoms with Crippen molar-refractivity contribution in [2.24, 2.45) is 5.73 Å². The molecule has 0 aromatic heterocycles. The van der Waals surface area contributed by atoms with E-state index in [1.54, 1.807) is 24.3 Å². The van der Waals surface area contributed by atoms with Crippen molar-refractivity contribution in [1.82, 2.24) is 0 Å². The summed E-state index contributed by atoms with van der Waals surface area (Å²) in [5, 5.41) is 11.6. The lowest BCUT2D eigenvalue weighted by Crippen LogP contribution is -2.38. The predicted molar refractivity (Wildman–Crippen MR) is 74.8 cm³/mol. The Labute approximate surface area is 120 Å². The topological polar surface area (TPSA) is 46.2 Å². The third-order valence-electron chi connectivity index (χ3n) is 3.08. The molecule has 0 saturated carbocycles. The minimum absolute atomic E-state index is 0. The molecule has 0 aliphatic rings. The summed E-state index contributed by atoms with van der Waals surface area (Å²) in [6.07, 6.45) is -6.27. The highest BCUT2D eigenvalue weighted by Gasteiger charge is 2.38. The quantitative estimate of drug-likeness (QED) is 0.910. The summed E-state index contributed by atoms with van der Waals surface area (Å²) in [4.78, 5) is 0. The lowest BCUT2D eigenvalue weighted by molar-refractivity contribution is -0.153. The maximum Gasteiger partial charge on any atom is 0.403 e. The van der Waals surface area contributed by atoms with Gasteiger partial charge in [0.25, 0.3) is 0 Å². The summed E-state index contributed by atoms with van der Waals surface area (Å²) >= 11 is 0. The highest BCUT2D eigenvalue weighted by Crippen LogP contribution is 2.30. The first kappa shape index (κ1) is 16.8. The normalized spacial score (nSPS) is 14.7. The summed E-state index contributed by atoms with van der Waals surface area (Å²) < 4.78 is 37.2. The maximum atomic E-state index is 12.4. The van der Waals surface area contributed by atoms with E-state index in [2.05, 4.69) is 0 Å². The van der Waals surface area contributed by atoms with Gasteiger partial charge in [-0.05, 0) is 16.3 Å². The van der Waals surface area contributed by atoms with Crippen LogP contribution in [0.2, 0.25) is 0 Å². The highest BCUT2D eigenvalue weighted by molar-refractivity contribution is 5.86. The summed E-state index contributed by atoms with van der Waals surface area (Å²) in [6, 6.07) is 10.4. The number of benzene rings is 2. The number of halogens is 4. The zero-order chi connectivity index (χ0) is 14.0. The molecule has 2 aromatic carbocycles. The first-order chi connectivity index (χ1) is 8.89. The van der Waals surface area contributed by atoms with E-state index in [0.717, 1.165) is 10.8 Å². The van der Waals surface area contributed by atoms with Gasteiger partial charge >= 0.3 is 6.18 Å². The second-order valence-corrected chi connectivity index (χ2v) is 4.47. The minimum atomic E-state index is -4.49. The van der Waals surface area contributed by atoms with Gasteiger partial charge in [0.05, 0.1) is 6.10 Å². The number of hydrogen-bond donors (Lipinski definition) is 2. The van der Waals surface area contributed by atoms with E-state index in [9.17, 15) is 18.3 Å². The van der Waals surface area contributed by atoms with Gasteiger partial charge in [0.15, 0.2) is 0 Å². The molecule has 0 bridgehead atoms. The Morgan fingerprint density at radius 1 is 1.05 bits per heavy atom. The van der Waals surface area contributed by atoms with Gasteiger partial charge in [-0.15, -0.1) is 12.4 Å². The van der Waals surface area contributed by atoms with Gasteiger partial charge in [0.1, 0.15) is 6.04 Å². The maximum absolute atomic E-state index is 12.4. The van der Waals surface area contributed by atoms with E-state index >= 15 is 0 Å². The van der Waals surface area contributed by atoms with Crippen LogP contribution < -0.4 is 5.73 Å². The molecule has 110 valence electrons. The first-order valence-electron chi connectivity index (χ1n) is 5.87. The number of aliphatic hydroxyl groups excluding tert-OH is 1. The number of alkyl halides is 3. The fraction of sp³-hybridized carbons (Fsp3) is 0.286. The monoisotopic (exact) mass is 305 g/mol. The van der Waals surface area contributed by atoms with Crippen molar-refractivity contribution in [2.45, 2.75) is 24.7 Å². The molecule has 0 aliphatic heterocycles. The molecule has 0 unspecified atom stereocenters. The number of aliphatic hydroxyl groups is 1. The van der Waals surface area contributed by atoms with Crippen molar-refractivity contribution >= 4 is 23.2 Å². The lowest BCUT2D eigenvalue weighted by atomic mass is 9.96. The van der Waals surface area contributed by atoms with Gasteiger partial charge < -0.3 is 10.8 Å². The van der Waals surface area contributed by atoms with Crippen LogP contribution in [0.3, 0.4) is 0 Å². The molecule has 2 aromatic rings. The van der Waals surface area contributed by atoms with E-state index in [1.165, 1.54) is 0 Å². The summed E-state index contributed by atoms with van der Waals surface area (Å²) in [5.74, 6) is 0. The van der Waals surface area contributed by atoms with Crippen molar-refractivity contribution in [3.8, 4) is 0 Å². The SMILES string of the molecule is Cl.N[C@H](C[C@H](O)c1cccc2ccccc12)C(F)(F)F. The predicted octanol–water partition coefficient (Wildman–Crippen LogP) is 3.57. The van der Waals surface area contributed by atoms with E-state index in [-0.39, 0.29) is 12.4 Å². The van der Waals surface area contributed by atoms with Crippen molar-refractivity contribution in [1.29, 1.82) is 0 Å². The minimum Gasteiger partial charge on any atom is -0.388 e. The van der Waals surface area contributed by atoms with Crippen LogP contribution in [0.4, 0.5) is 13.2 Å². The molecule has 2 rings (SSSR count). The number of hydrogen-bond acceptors (Lipinski definition) is 2. The van der Waals surface area contributed by atoms with Crippen LogP contribution in [0.25, 0.3) is 10.8 Å². The van der Waals surface area contributed by atoms with Crippen molar-refractivity contribution in [2.75, 3.05) is 0 Å². The molecule has 0 aliphatic carbocycles. The molecular formula is C14H15ClF3NO. The smallest absolute Gasteiger partial charge is 0.388 e. The van der Waals surface area contributed by atoms with Crippen molar-refractivity contribution in [3.63, 3.8) is 0 Å². The second-order valence-electron chi connectivity index (χ2n) is 4.47. The first-order valence-corrected chi connectivity index (χ1v) is 5.87. The second kappa shape index (κ2) is 6.43. The molecule has 0 spiro atoms. The molecule has 2 atom stereocenters. The zero-order valence-corrected chi connectivity index (χ0v) is 11.3. The number of nitrogens with two attached hydrogens (primary N) is 1. The van der Waals surface area contributed by atoms with Gasteiger partial charge in [0, 0.05) is 6.42 Å². The van der Waals surface area contributed by atoms with Gasteiger partial charge in [-0.2, -0.15) is 13.2 Å². The van der Waals surface area contributed by atoms with Crippen LogP contribution in [0.15, 0.2) is 42.5 Å². The Morgan fingerprint density at radius 3 is 2.30 bits per heavy atom. The van der Waals surface area contributed by atoms with Crippen LogP contribution in [0, 0.1) is 0 Å². The molecule has 20 heavy (non-hydrogen) atoms. The van der Waals surface area contributed by atoms with Gasteiger partial charge in [0.2, 0.25) is 0 Å². The van der Waals surface area contributed by atoms with Crippen molar-refractivity contribution in [3.05, 3.63) is 48.0 Å². The molecule has 0 fully saturated rings. The molecule has 0 heterocycles. The average molecular weight is 306 g/mol. The molecule has 0 amide bonds. The summed E-state index contributed by atoms with van der Waals surface area (Å²) in [5.41, 5.74) is 5.52. The Kier molecular flexibility index (Phi) is 5.39. The van der Waals surface area contributed by atoms with Crippen LogP contribution >= 0.6 is 12.4 Å². The number of fused-ring (bicyclic) bond motifs is 1. The Bertz CT molecular complexity index is 568. The molecule has 3 N–H and O–H groups in total. The summed E-state index contributed by atoms with van der Waals surface area (Å²) in [7, 11) is 0. The molecule has 2 nitrogen and oxygen atoms in total. The molecule has 0 saturated heterocycles. The number of rotatable bonds is 3. The fourth-order valence-corrected chi connectivity index (χ4v) is 2.04. The van der Waals surface area contributed by atoms with Gasteiger partial charge in [-0.1, -0.05) is 42.5 Å². The van der Waals surface area contributed by atoms with E-state index < -0.39 is 24.7 Å². The van der Waals surface area contributed by atoms with E-state index in [0.29, 0.717) is 5.56 Å². The lowest BCUT2D eigenvalue weighted by Gasteiger charge is -2.20. The van der Waals surface area contributed by atoms with Gasteiger partial charge in [-0.3, -0.25) is 0 Å². The molecule has 0 radical (unpaired) electrons. The average Bonchev–Trinajstić information content (AvgIpc) is 2.36. The Balaban J connectivity index is 0.00000200. The zero-order valence-electron chi connectivity index (χ0n) is 10.5. The van der Waals surface area contributed by atoms with Crippen LogP contribution in [-0.2, 0) is 0 Å². The third kappa shape index (κ3) is 3.62.